The third kappa shape index (κ3) is 3.08. The van der Waals surface area contributed by atoms with E-state index < -0.39 is 5.56 Å². The molecule has 4 rings (SSSR count). The Bertz CT molecular complexity index is 1030. The van der Waals surface area contributed by atoms with Gasteiger partial charge >= 0.3 is 0 Å². The fraction of sp³-hybridized carbons (Fsp3) is 0.143. The molecule has 10 nitrogen and oxygen atoms in total. The third-order valence-corrected chi connectivity index (χ3v) is 4.23. The highest BCUT2D eigenvalue weighted by Gasteiger charge is 2.15. The van der Waals surface area contributed by atoms with Gasteiger partial charge in [0.1, 0.15) is 0 Å². The minimum Gasteiger partial charge on any atom is -0.454 e. The largest absolute Gasteiger partial charge is 0.454 e. The van der Waals surface area contributed by atoms with Crippen molar-refractivity contribution in [3.8, 4) is 11.5 Å². The number of carbonyl (C=O) groups is 1. The van der Waals surface area contributed by atoms with Crippen LogP contribution in [-0.2, 0) is 4.79 Å². The summed E-state index contributed by atoms with van der Waals surface area (Å²) in [6.45, 7) is 0.173. The smallest absolute Gasteiger partial charge is 0.278 e. The number of carbonyl (C=O) groups excluding carboxylic acids is 1. The van der Waals surface area contributed by atoms with Gasteiger partial charge in [-0.1, -0.05) is 11.8 Å². The zero-order valence-corrected chi connectivity index (χ0v) is 13.5. The number of hydrogen-bond acceptors (Lipinski definition) is 8. The summed E-state index contributed by atoms with van der Waals surface area (Å²) in [5.41, 5.74) is 6.09. The van der Waals surface area contributed by atoms with E-state index in [4.69, 9.17) is 15.2 Å². The maximum absolute atomic E-state index is 12.1. The molecule has 1 aliphatic rings. The highest BCUT2D eigenvalue weighted by atomic mass is 32.2. The first kappa shape index (κ1) is 15.3. The van der Waals surface area contributed by atoms with Gasteiger partial charge in [0.2, 0.25) is 18.6 Å². The highest BCUT2D eigenvalue weighted by Crippen LogP contribution is 2.34. The Kier molecular flexibility index (Phi) is 3.69. The summed E-state index contributed by atoms with van der Waals surface area (Å²) in [4.78, 5) is 37.1. The van der Waals surface area contributed by atoms with Gasteiger partial charge in [-0.15, -0.1) is 0 Å². The first-order valence-electron chi connectivity index (χ1n) is 7.16. The van der Waals surface area contributed by atoms with E-state index in [0.717, 1.165) is 11.8 Å². The van der Waals surface area contributed by atoms with Crippen LogP contribution in [0.3, 0.4) is 0 Å². The Morgan fingerprint density at radius 1 is 1.28 bits per heavy atom. The van der Waals surface area contributed by atoms with Gasteiger partial charge in [-0.25, -0.2) is 4.98 Å². The van der Waals surface area contributed by atoms with Crippen molar-refractivity contribution >= 4 is 40.5 Å². The van der Waals surface area contributed by atoms with E-state index >= 15 is 0 Å². The molecule has 128 valence electrons. The second-order valence-electron chi connectivity index (χ2n) is 5.10. The van der Waals surface area contributed by atoms with E-state index in [1.54, 1.807) is 18.2 Å². The molecule has 0 unspecified atom stereocenters. The zero-order valence-electron chi connectivity index (χ0n) is 12.7. The number of nitrogens with one attached hydrogen (secondary N) is 3. The van der Waals surface area contributed by atoms with E-state index in [2.05, 4.69) is 25.3 Å². The molecule has 5 N–H and O–H groups in total. The summed E-state index contributed by atoms with van der Waals surface area (Å²) in [5.74, 6) is 1.09. The van der Waals surface area contributed by atoms with Gasteiger partial charge in [-0.2, -0.15) is 4.98 Å². The van der Waals surface area contributed by atoms with Crippen molar-refractivity contribution in [1.29, 1.82) is 0 Å². The Morgan fingerprint density at radius 3 is 3.00 bits per heavy atom. The van der Waals surface area contributed by atoms with E-state index in [1.807, 2.05) is 0 Å². The molecular formula is C14H12N6O4S. The Morgan fingerprint density at radius 2 is 2.12 bits per heavy atom. The molecule has 0 saturated heterocycles. The molecule has 0 saturated carbocycles. The monoisotopic (exact) mass is 360 g/mol. The molecule has 11 heteroatoms. The molecule has 0 atom stereocenters. The molecule has 0 bridgehead atoms. The van der Waals surface area contributed by atoms with E-state index in [0.29, 0.717) is 22.3 Å². The molecule has 0 aliphatic carbocycles. The van der Waals surface area contributed by atoms with Crippen molar-refractivity contribution in [3.63, 3.8) is 0 Å². The molecule has 0 spiro atoms. The van der Waals surface area contributed by atoms with Gasteiger partial charge in [0.05, 0.1) is 5.75 Å². The molecular weight excluding hydrogens is 348 g/mol. The van der Waals surface area contributed by atoms with Gasteiger partial charge in [0.15, 0.2) is 27.8 Å². The normalized spacial score (nSPS) is 12.5. The summed E-state index contributed by atoms with van der Waals surface area (Å²) in [6, 6.07) is 5.15. The molecule has 25 heavy (non-hydrogen) atoms. The molecule has 3 aromatic rings. The Labute approximate surface area is 144 Å². The number of thioether (sulfide) groups is 1. The van der Waals surface area contributed by atoms with Crippen LogP contribution in [-0.4, -0.2) is 38.4 Å². The van der Waals surface area contributed by atoms with Gasteiger partial charge in [-0.3, -0.25) is 14.6 Å². The highest BCUT2D eigenvalue weighted by molar-refractivity contribution is 7.99. The molecule has 1 aliphatic heterocycles. The average Bonchev–Trinajstić information content (AvgIpc) is 3.18. The van der Waals surface area contributed by atoms with Crippen molar-refractivity contribution in [2.24, 2.45) is 0 Å². The standard InChI is InChI=1S/C14H12N6O4S/c15-13-18-11-10(12(22)20-13)17-14(19-11)25-4-9(21)16-6-1-2-7-8(3-6)24-5-23-7/h1-3H,4-5H2,(H,16,21)(H4,15,17,18,19,20,22). The lowest BCUT2D eigenvalue weighted by Gasteiger charge is -2.05. The summed E-state index contributed by atoms with van der Waals surface area (Å²) < 4.78 is 10.5. The minimum atomic E-state index is -0.410. The number of amides is 1. The van der Waals surface area contributed by atoms with Crippen molar-refractivity contribution in [2.75, 3.05) is 23.6 Å². The van der Waals surface area contributed by atoms with Crippen LogP contribution >= 0.6 is 11.8 Å². The van der Waals surface area contributed by atoms with Crippen molar-refractivity contribution in [2.45, 2.75) is 5.16 Å². The van der Waals surface area contributed by atoms with Crippen LogP contribution in [0.4, 0.5) is 11.6 Å². The van der Waals surface area contributed by atoms with Crippen LogP contribution in [0.1, 0.15) is 0 Å². The van der Waals surface area contributed by atoms with Crippen LogP contribution in [0.2, 0.25) is 0 Å². The second kappa shape index (κ2) is 6.02. The maximum atomic E-state index is 12.1. The molecule has 1 amide bonds. The number of hydrogen-bond donors (Lipinski definition) is 4. The molecule has 0 radical (unpaired) electrons. The molecule has 0 fully saturated rings. The summed E-state index contributed by atoms with van der Waals surface area (Å²) in [7, 11) is 0. The summed E-state index contributed by atoms with van der Waals surface area (Å²) in [5, 5.41) is 3.16. The van der Waals surface area contributed by atoms with Gasteiger partial charge in [0.25, 0.3) is 5.56 Å². The van der Waals surface area contributed by atoms with Gasteiger partial charge in [0, 0.05) is 11.8 Å². The SMILES string of the molecule is Nc1nc2nc(SCC(=O)Nc3ccc4c(c3)OCO4)[nH]c2c(=O)[nH]1. The van der Waals surface area contributed by atoms with Crippen LogP contribution in [0, 0.1) is 0 Å². The number of nitrogen functional groups attached to an aromatic ring is 1. The number of nitrogens with zero attached hydrogens (tertiary/aromatic N) is 2. The number of aromatic nitrogens is 4. The molecule has 1 aromatic carbocycles. The van der Waals surface area contributed by atoms with Crippen LogP contribution < -0.4 is 26.1 Å². The number of benzene rings is 1. The lowest BCUT2D eigenvalue weighted by atomic mass is 10.3. The fourth-order valence-corrected chi connectivity index (χ4v) is 2.94. The van der Waals surface area contributed by atoms with Gasteiger partial charge < -0.3 is 25.5 Å². The van der Waals surface area contributed by atoms with E-state index in [-0.39, 0.29) is 35.6 Å². The Hall–Kier alpha value is -3.21. The quantitative estimate of drug-likeness (QED) is 0.497. The topological polar surface area (TPSA) is 148 Å². The van der Waals surface area contributed by atoms with E-state index in [1.165, 1.54) is 0 Å². The fourth-order valence-electron chi connectivity index (χ4n) is 2.28. The number of anilines is 2. The zero-order chi connectivity index (χ0) is 17.4. The van der Waals surface area contributed by atoms with Gasteiger partial charge in [-0.05, 0) is 12.1 Å². The second-order valence-corrected chi connectivity index (χ2v) is 6.06. The Balaban J connectivity index is 1.42. The number of fused-ring (bicyclic) bond motifs is 2. The first-order valence-corrected chi connectivity index (χ1v) is 8.15. The average molecular weight is 360 g/mol. The number of imidazole rings is 1. The van der Waals surface area contributed by atoms with E-state index in [9.17, 15) is 9.59 Å². The predicted molar refractivity (Wildman–Crippen MR) is 90.8 cm³/mol. The minimum absolute atomic E-state index is 0.0129. The number of H-pyrrole nitrogens is 2. The summed E-state index contributed by atoms with van der Waals surface area (Å²) >= 11 is 1.15. The van der Waals surface area contributed by atoms with Crippen LogP contribution in [0.15, 0.2) is 28.2 Å². The van der Waals surface area contributed by atoms with Crippen LogP contribution in [0.5, 0.6) is 11.5 Å². The number of ether oxygens (including phenoxy) is 2. The first-order chi connectivity index (χ1) is 12.1. The number of rotatable bonds is 4. The van der Waals surface area contributed by atoms with Crippen molar-refractivity contribution in [1.82, 2.24) is 19.9 Å². The molecule has 3 heterocycles. The molecule has 2 aromatic heterocycles. The number of aromatic amines is 2. The lowest BCUT2D eigenvalue weighted by molar-refractivity contribution is -0.113. The van der Waals surface area contributed by atoms with Crippen LogP contribution in [0.25, 0.3) is 11.2 Å². The number of nitrogens with two attached hydrogens (primary N) is 1. The summed E-state index contributed by atoms with van der Waals surface area (Å²) in [6.07, 6.45) is 0. The third-order valence-electron chi connectivity index (χ3n) is 3.35. The van der Waals surface area contributed by atoms with Crippen molar-refractivity contribution in [3.05, 3.63) is 28.6 Å². The predicted octanol–water partition coefficient (Wildman–Crippen LogP) is 0.688. The maximum Gasteiger partial charge on any atom is 0.278 e. The lowest BCUT2D eigenvalue weighted by Crippen LogP contribution is -2.14. The van der Waals surface area contributed by atoms with Crippen molar-refractivity contribution < 1.29 is 14.3 Å².